The summed E-state index contributed by atoms with van der Waals surface area (Å²) in [5.41, 5.74) is 0.00748. The van der Waals surface area contributed by atoms with Crippen LogP contribution in [-0.2, 0) is 9.53 Å². The lowest BCUT2D eigenvalue weighted by molar-refractivity contribution is -0.146. The van der Waals surface area contributed by atoms with E-state index < -0.39 is 0 Å². The van der Waals surface area contributed by atoms with Gasteiger partial charge < -0.3 is 4.74 Å². The van der Waals surface area contributed by atoms with Crippen LogP contribution in [0.2, 0.25) is 0 Å². The van der Waals surface area contributed by atoms with E-state index in [-0.39, 0.29) is 15.7 Å². The smallest absolute Gasteiger partial charge is 0.306 e. The van der Waals surface area contributed by atoms with Gasteiger partial charge in [-0.05, 0) is 19.3 Å². The predicted molar refractivity (Wildman–Crippen MR) is 58.0 cm³/mol. The molecule has 0 amide bonds. The van der Waals surface area contributed by atoms with Crippen molar-refractivity contribution in [1.29, 1.82) is 0 Å². The molecule has 3 heteroatoms. The van der Waals surface area contributed by atoms with Crippen molar-refractivity contribution in [1.82, 2.24) is 0 Å². The third kappa shape index (κ3) is 9.87. The summed E-state index contributed by atoms with van der Waals surface area (Å²) in [5.74, 6) is -0.125. The van der Waals surface area contributed by atoms with Gasteiger partial charge in [0, 0.05) is 0 Å². The summed E-state index contributed by atoms with van der Waals surface area (Å²) in [6.07, 6.45) is 0.468. The molecule has 0 rings (SSSR count). The van der Waals surface area contributed by atoms with Gasteiger partial charge in [0.2, 0.25) is 0 Å². The molecule has 0 aliphatic rings. The highest BCUT2D eigenvalue weighted by Gasteiger charge is 2.20. The van der Waals surface area contributed by atoms with Gasteiger partial charge >= 0.3 is 5.97 Å². The topological polar surface area (TPSA) is 26.3 Å². The van der Waals surface area contributed by atoms with Gasteiger partial charge in [0.1, 0.15) is 6.61 Å². The molecule has 0 aromatic heterocycles. The first-order valence-corrected chi connectivity index (χ1v) is 5.24. The van der Waals surface area contributed by atoms with E-state index >= 15 is 0 Å². The van der Waals surface area contributed by atoms with Crippen LogP contribution in [0.15, 0.2) is 0 Å². The van der Waals surface area contributed by atoms with Crippen molar-refractivity contribution >= 4 is 21.9 Å². The van der Waals surface area contributed by atoms with Gasteiger partial charge in [-0.1, -0.05) is 36.7 Å². The van der Waals surface area contributed by atoms with Crippen molar-refractivity contribution in [2.75, 3.05) is 6.61 Å². The summed E-state index contributed by atoms with van der Waals surface area (Å²) >= 11 is 3.41. The summed E-state index contributed by atoms with van der Waals surface area (Å²) in [7, 11) is 0. The molecule has 0 spiro atoms. The zero-order chi connectivity index (χ0) is 10.7. The fourth-order valence-electron chi connectivity index (χ4n) is 0.736. The molecule has 0 heterocycles. The van der Waals surface area contributed by atoms with E-state index in [0.29, 0.717) is 13.0 Å². The minimum Gasteiger partial charge on any atom is -0.464 e. The first-order valence-electron chi connectivity index (χ1n) is 4.45. The van der Waals surface area contributed by atoms with E-state index in [0.717, 1.165) is 0 Å². The Kier molecular flexibility index (Phi) is 4.43. The molecule has 2 nitrogen and oxygen atoms in total. The Morgan fingerprint density at radius 1 is 1.23 bits per heavy atom. The second-order valence-electron chi connectivity index (χ2n) is 5.12. The molecule has 78 valence electrons. The minimum atomic E-state index is -0.125. The molecule has 0 atom stereocenters. The van der Waals surface area contributed by atoms with Crippen molar-refractivity contribution in [3.63, 3.8) is 0 Å². The average molecular weight is 251 g/mol. The van der Waals surface area contributed by atoms with Crippen LogP contribution in [0.5, 0.6) is 0 Å². The molecular weight excluding hydrogens is 232 g/mol. The highest BCUT2D eigenvalue weighted by molar-refractivity contribution is 9.10. The zero-order valence-electron chi connectivity index (χ0n) is 9.11. The molecule has 0 aliphatic carbocycles. The lowest BCUT2D eigenvalue weighted by atomic mass is 9.92. The molecule has 0 saturated carbocycles. The van der Waals surface area contributed by atoms with Crippen LogP contribution in [0.4, 0.5) is 0 Å². The third-order valence-corrected chi connectivity index (χ3v) is 1.48. The van der Waals surface area contributed by atoms with Gasteiger partial charge in [-0.2, -0.15) is 0 Å². The van der Waals surface area contributed by atoms with Gasteiger partial charge in [-0.3, -0.25) is 4.79 Å². The lowest BCUT2D eigenvalue weighted by Crippen LogP contribution is -2.23. The largest absolute Gasteiger partial charge is 0.464 e. The number of alkyl halides is 1. The van der Waals surface area contributed by atoms with E-state index in [4.69, 9.17) is 4.74 Å². The number of hydrogen-bond acceptors (Lipinski definition) is 2. The number of esters is 1. The van der Waals surface area contributed by atoms with Crippen LogP contribution in [0.25, 0.3) is 0 Å². The first-order chi connectivity index (χ1) is 5.60. The molecule has 0 fully saturated rings. The Hall–Kier alpha value is -0.0500. The molecular formula is C10H19BrO2. The zero-order valence-corrected chi connectivity index (χ0v) is 10.7. The fourth-order valence-corrected chi connectivity index (χ4v) is 0.851. The lowest BCUT2D eigenvalue weighted by Gasteiger charge is -2.20. The summed E-state index contributed by atoms with van der Waals surface area (Å²) in [5, 5.41) is 0. The summed E-state index contributed by atoms with van der Waals surface area (Å²) in [6, 6.07) is 0. The van der Waals surface area contributed by atoms with Crippen molar-refractivity contribution in [2.45, 2.75) is 45.4 Å². The molecule has 0 radical (unpaired) electrons. The minimum absolute atomic E-state index is 0.00748. The fraction of sp³-hybridized carbons (Fsp3) is 0.900. The van der Waals surface area contributed by atoms with Crippen LogP contribution >= 0.6 is 15.9 Å². The van der Waals surface area contributed by atoms with Crippen molar-refractivity contribution in [3.8, 4) is 0 Å². The van der Waals surface area contributed by atoms with E-state index in [9.17, 15) is 4.79 Å². The predicted octanol–water partition coefficient (Wildman–Crippen LogP) is 3.14. The van der Waals surface area contributed by atoms with Gasteiger partial charge in [0.15, 0.2) is 0 Å². The van der Waals surface area contributed by atoms with E-state index in [1.807, 2.05) is 34.6 Å². The Labute approximate surface area is 89.2 Å². The van der Waals surface area contributed by atoms with Crippen molar-refractivity contribution in [2.24, 2.45) is 5.41 Å². The van der Waals surface area contributed by atoms with Crippen LogP contribution in [-0.4, -0.2) is 16.9 Å². The van der Waals surface area contributed by atoms with Crippen LogP contribution < -0.4 is 0 Å². The molecule has 0 aromatic carbocycles. The van der Waals surface area contributed by atoms with Gasteiger partial charge in [0.25, 0.3) is 0 Å². The number of hydrogen-bond donors (Lipinski definition) is 0. The summed E-state index contributed by atoms with van der Waals surface area (Å²) in [4.78, 5) is 11.3. The number of carbonyl (C=O) groups excluding carboxylic acids is 1. The van der Waals surface area contributed by atoms with Crippen LogP contribution in [0.1, 0.15) is 41.0 Å². The highest BCUT2D eigenvalue weighted by Crippen LogP contribution is 2.21. The maximum Gasteiger partial charge on any atom is 0.306 e. The van der Waals surface area contributed by atoms with Crippen molar-refractivity contribution < 1.29 is 9.53 Å². The van der Waals surface area contributed by atoms with E-state index in [1.165, 1.54) is 0 Å². The monoisotopic (exact) mass is 250 g/mol. The maximum absolute atomic E-state index is 11.3. The Bertz CT molecular complexity index is 174. The van der Waals surface area contributed by atoms with Gasteiger partial charge in [0.05, 0.1) is 10.7 Å². The number of carbonyl (C=O) groups is 1. The first kappa shape index (κ1) is 12.9. The second-order valence-corrected chi connectivity index (χ2v) is 7.26. The number of halogens is 1. The molecule has 0 saturated heterocycles. The van der Waals surface area contributed by atoms with Crippen molar-refractivity contribution in [3.05, 3.63) is 0 Å². The molecule has 13 heavy (non-hydrogen) atoms. The summed E-state index contributed by atoms with van der Waals surface area (Å²) in [6.45, 7) is 10.4. The highest BCUT2D eigenvalue weighted by atomic mass is 79.9. The average Bonchev–Trinajstić information content (AvgIpc) is 1.78. The Balaban J connectivity index is 3.78. The molecule has 0 unspecified atom stereocenters. The molecule has 0 bridgehead atoms. The molecule has 0 aliphatic heterocycles. The normalized spacial score (nSPS) is 12.8. The van der Waals surface area contributed by atoms with E-state index in [1.54, 1.807) is 0 Å². The van der Waals surface area contributed by atoms with Gasteiger partial charge in [-0.15, -0.1) is 0 Å². The standard InChI is InChI=1S/C10H19BrO2/c1-9(2,3)6-8(12)13-7-10(4,5)11/h6-7H2,1-5H3. The van der Waals surface area contributed by atoms with E-state index in [2.05, 4.69) is 15.9 Å². The maximum atomic E-state index is 11.3. The third-order valence-electron chi connectivity index (χ3n) is 1.25. The molecule has 0 N–H and O–H groups in total. The second kappa shape index (κ2) is 4.45. The summed E-state index contributed by atoms with van der Waals surface area (Å²) < 4.78 is 4.97. The van der Waals surface area contributed by atoms with Gasteiger partial charge in [-0.25, -0.2) is 0 Å². The quantitative estimate of drug-likeness (QED) is 0.569. The van der Waals surface area contributed by atoms with Crippen LogP contribution in [0.3, 0.4) is 0 Å². The SMILES string of the molecule is CC(C)(C)CC(=O)OCC(C)(C)Br. The number of rotatable bonds is 3. The van der Waals surface area contributed by atoms with Crippen LogP contribution in [0, 0.1) is 5.41 Å². The Morgan fingerprint density at radius 2 is 1.69 bits per heavy atom. The Morgan fingerprint density at radius 3 is 2.00 bits per heavy atom. The number of ether oxygens (including phenoxy) is 1. The molecule has 0 aromatic rings.